The van der Waals surface area contributed by atoms with Gasteiger partial charge in [-0.25, -0.2) is 26.5 Å². The highest BCUT2D eigenvalue weighted by Gasteiger charge is 2.44. The van der Waals surface area contributed by atoms with Crippen LogP contribution in [0.15, 0.2) is 52.5 Å². The van der Waals surface area contributed by atoms with Gasteiger partial charge in [0.2, 0.25) is 20.0 Å². The topological polar surface area (TPSA) is 163 Å². The van der Waals surface area contributed by atoms with E-state index in [-0.39, 0.29) is 29.0 Å². The summed E-state index contributed by atoms with van der Waals surface area (Å²) in [6, 6.07) is 7.78. The smallest absolute Gasteiger partial charge is 0.244 e. The van der Waals surface area contributed by atoms with E-state index in [0.29, 0.717) is 50.4 Å². The number of fused-ring (bicyclic) bond motifs is 1. The molecule has 40 heavy (non-hydrogen) atoms. The molecule has 2 atom stereocenters. The maximum atomic E-state index is 13.3. The number of nitrogens with zero attached hydrogens (tertiary/aromatic N) is 2. The van der Waals surface area contributed by atoms with Crippen molar-refractivity contribution >= 4 is 31.1 Å². The molecule has 12 nitrogen and oxygen atoms in total. The number of aromatic amines is 1. The van der Waals surface area contributed by atoms with E-state index in [1.165, 1.54) is 29.7 Å². The Bertz CT molecular complexity index is 1570. The Balaban J connectivity index is 1.09. The predicted molar refractivity (Wildman–Crippen MR) is 148 cm³/mol. The number of hydrogen-bond acceptors (Lipinski definition) is 9. The SMILES string of the molecule is CNS(=O)(=O)c1cccc(OC[C@@H](O)CNC2COC3(CCN(S(=O)(=O)c4cnc5[nH]cc(C)c5c4)CC3)C2)c1. The first-order chi connectivity index (χ1) is 19.0. The van der Waals surface area contributed by atoms with Crippen LogP contribution in [0, 0.1) is 6.92 Å². The van der Waals surface area contributed by atoms with E-state index < -0.39 is 31.8 Å². The molecule has 1 aromatic carbocycles. The summed E-state index contributed by atoms with van der Waals surface area (Å²) in [5.74, 6) is 0.346. The van der Waals surface area contributed by atoms with Crippen LogP contribution in [0.3, 0.4) is 0 Å². The number of ether oxygens (including phenoxy) is 2. The maximum absolute atomic E-state index is 13.3. The fraction of sp³-hybridized carbons (Fsp3) is 0.500. The molecule has 0 radical (unpaired) electrons. The quantitative estimate of drug-likeness (QED) is 0.270. The molecule has 0 aliphatic carbocycles. The predicted octanol–water partition coefficient (Wildman–Crippen LogP) is 1.12. The Morgan fingerprint density at radius 1 is 1.23 bits per heavy atom. The zero-order valence-electron chi connectivity index (χ0n) is 22.5. The number of sulfonamides is 2. The van der Waals surface area contributed by atoms with Gasteiger partial charge >= 0.3 is 0 Å². The van der Waals surface area contributed by atoms with Crippen molar-refractivity contribution in [1.82, 2.24) is 24.3 Å². The number of piperidine rings is 1. The van der Waals surface area contributed by atoms with Crippen molar-refractivity contribution in [2.75, 3.05) is 39.9 Å². The third kappa shape index (κ3) is 6.03. The number of aliphatic hydroxyl groups excluding tert-OH is 1. The molecule has 2 fully saturated rings. The lowest BCUT2D eigenvalue weighted by atomic mass is 9.88. The Hall–Kier alpha value is -2.59. The monoisotopic (exact) mass is 593 g/mol. The molecule has 2 aromatic heterocycles. The van der Waals surface area contributed by atoms with Crippen LogP contribution in [0.25, 0.3) is 11.0 Å². The molecule has 2 aliphatic heterocycles. The number of H-pyrrole nitrogens is 1. The van der Waals surface area contributed by atoms with Crippen LogP contribution in [0.1, 0.15) is 24.8 Å². The van der Waals surface area contributed by atoms with Gasteiger partial charge in [-0.15, -0.1) is 0 Å². The van der Waals surface area contributed by atoms with Crippen LogP contribution in [-0.4, -0.2) is 93.9 Å². The minimum atomic E-state index is -3.67. The van der Waals surface area contributed by atoms with Gasteiger partial charge in [-0.2, -0.15) is 4.31 Å². The van der Waals surface area contributed by atoms with E-state index in [1.54, 1.807) is 18.2 Å². The molecule has 1 spiro atoms. The van der Waals surface area contributed by atoms with Gasteiger partial charge in [-0.05, 0) is 57.0 Å². The molecular formula is C26H35N5O7S2. The lowest BCUT2D eigenvalue weighted by Gasteiger charge is -2.38. The largest absolute Gasteiger partial charge is 0.491 e. The fourth-order valence-corrected chi connectivity index (χ4v) is 7.45. The summed E-state index contributed by atoms with van der Waals surface area (Å²) < 4.78 is 66.1. The Morgan fingerprint density at radius 2 is 2.00 bits per heavy atom. The molecule has 1 unspecified atom stereocenters. The first kappa shape index (κ1) is 28.9. The van der Waals surface area contributed by atoms with Crippen molar-refractivity contribution < 1.29 is 31.4 Å². The fourth-order valence-electron chi connectivity index (χ4n) is 5.27. The van der Waals surface area contributed by atoms with Gasteiger partial charge in [0.05, 0.1) is 17.1 Å². The van der Waals surface area contributed by atoms with Crippen LogP contribution in [-0.2, 0) is 24.8 Å². The average molecular weight is 594 g/mol. The number of hydrogen-bond donors (Lipinski definition) is 4. The first-order valence-corrected chi connectivity index (χ1v) is 16.1. The number of rotatable bonds is 10. The number of aliphatic hydroxyl groups is 1. The Kier molecular flexibility index (Phi) is 8.21. The summed E-state index contributed by atoms with van der Waals surface area (Å²) in [5, 5.41) is 14.5. The molecule has 4 N–H and O–H groups in total. The highest BCUT2D eigenvalue weighted by molar-refractivity contribution is 7.89. The molecule has 0 amide bonds. The van der Waals surface area contributed by atoms with Crippen molar-refractivity contribution in [2.24, 2.45) is 0 Å². The molecule has 5 rings (SSSR count). The zero-order chi connectivity index (χ0) is 28.5. The van der Waals surface area contributed by atoms with E-state index in [0.717, 1.165) is 10.9 Å². The van der Waals surface area contributed by atoms with Crippen LogP contribution in [0.5, 0.6) is 5.75 Å². The van der Waals surface area contributed by atoms with Crippen LogP contribution in [0.2, 0.25) is 0 Å². The molecule has 2 aliphatic rings. The summed E-state index contributed by atoms with van der Waals surface area (Å²) in [5.41, 5.74) is 1.21. The molecular weight excluding hydrogens is 558 g/mol. The number of aryl methyl sites for hydroxylation is 1. The van der Waals surface area contributed by atoms with Crippen LogP contribution >= 0.6 is 0 Å². The minimum Gasteiger partial charge on any atom is -0.491 e. The van der Waals surface area contributed by atoms with Crippen molar-refractivity contribution in [2.45, 2.75) is 53.7 Å². The lowest BCUT2D eigenvalue weighted by Crippen LogP contribution is -2.47. The molecule has 4 heterocycles. The third-order valence-corrected chi connectivity index (χ3v) is 10.9. The van der Waals surface area contributed by atoms with Crippen molar-refractivity contribution in [3.8, 4) is 5.75 Å². The third-order valence-electron chi connectivity index (χ3n) is 7.66. The first-order valence-electron chi connectivity index (χ1n) is 13.2. The molecule has 2 saturated heterocycles. The van der Waals surface area contributed by atoms with Crippen molar-refractivity contribution in [3.63, 3.8) is 0 Å². The highest BCUT2D eigenvalue weighted by Crippen LogP contribution is 2.37. The standard InChI is InChI=1S/C26H35N5O7S2/c1-18-13-29-25-24(18)11-23(15-30-25)40(35,36)31-8-6-26(7-9-31)12-19(16-38-26)28-14-20(32)17-37-21-4-3-5-22(10-21)39(33,34)27-2/h3-5,10-11,13,15,19-20,27-28,32H,6-9,12,14,16-17H2,1-2H3,(H,29,30)/t19?,20-/m0/s1. The second kappa shape index (κ2) is 11.4. The molecule has 218 valence electrons. The van der Waals surface area contributed by atoms with Gasteiger partial charge in [0.25, 0.3) is 0 Å². The summed E-state index contributed by atoms with van der Waals surface area (Å²) in [6.07, 6.45) is 4.28. The Labute approximate surface area is 234 Å². The minimum absolute atomic E-state index is 0.00940. The molecule has 14 heteroatoms. The van der Waals surface area contributed by atoms with E-state index in [1.807, 2.05) is 13.1 Å². The van der Waals surface area contributed by atoms with Crippen LogP contribution < -0.4 is 14.8 Å². The number of pyridine rings is 1. The summed E-state index contributed by atoms with van der Waals surface area (Å²) >= 11 is 0. The zero-order valence-corrected chi connectivity index (χ0v) is 24.1. The van der Waals surface area contributed by atoms with Gasteiger partial charge < -0.3 is 24.9 Å². The van der Waals surface area contributed by atoms with Gasteiger partial charge in [0, 0.05) is 49.5 Å². The summed E-state index contributed by atoms with van der Waals surface area (Å²) in [6.45, 7) is 3.36. The average Bonchev–Trinajstić information content (AvgIpc) is 3.53. The normalized spacial score (nSPS) is 20.7. The van der Waals surface area contributed by atoms with Crippen molar-refractivity contribution in [3.05, 3.63) is 48.3 Å². The Morgan fingerprint density at radius 3 is 2.75 bits per heavy atom. The maximum Gasteiger partial charge on any atom is 0.244 e. The van der Waals surface area contributed by atoms with Gasteiger partial charge in [-0.1, -0.05) is 6.07 Å². The number of benzene rings is 1. The summed E-state index contributed by atoms with van der Waals surface area (Å²) in [7, 11) is -5.92. The van der Waals surface area contributed by atoms with Gasteiger partial charge in [-0.3, -0.25) is 0 Å². The molecule has 0 saturated carbocycles. The van der Waals surface area contributed by atoms with E-state index in [2.05, 4.69) is 20.0 Å². The number of nitrogens with one attached hydrogen (secondary N) is 3. The second-order valence-corrected chi connectivity index (χ2v) is 14.2. The van der Waals surface area contributed by atoms with E-state index >= 15 is 0 Å². The number of aromatic nitrogens is 2. The van der Waals surface area contributed by atoms with Crippen molar-refractivity contribution in [1.29, 1.82) is 0 Å². The highest BCUT2D eigenvalue weighted by atomic mass is 32.2. The molecule has 0 bridgehead atoms. The van der Waals surface area contributed by atoms with Gasteiger partial charge in [0.15, 0.2) is 0 Å². The lowest BCUT2D eigenvalue weighted by molar-refractivity contribution is -0.0312. The van der Waals surface area contributed by atoms with Gasteiger partial charge in [0.1, 0.15) is 29.0 Å². The van der Waals surface area contributed by atoms with E-state index in [9.17, 15) is 21.9 Å². The van der Waals surface area contributed by atoms with E-state index in [4.69, 9.17) is 9.47 Å². The second-order valence-electron chi connectivity index (χ2n) is 10.4. The molecule has 3 aromatic rings. The summed E-state index contributed by atoms with van der Waals surface area (Å²) in [4.78, 5) is 7.59. The van der Waals surface area contributed by atoms with Crippen LogP contribution in [0.4, 0.5) is 0 Å².